The molecule has 22 heteroatoms. The molecule has 378 valence electrons. The summed E-state index contributed by atoms with van der Waals surface area (Å²) in [7, 11) is 0. The highest BCUT2D eigenvalue weighted by Gasteiger charge is 2.44. The Labute approximate surface area is 421 Å². The van der Waals surface area contributed by atoms with E-state index in [1.807, 2.05) is 52.0 Å². The number of thiazole rings is 1. The Morgan fingerprint density at radius 3 is 2.23 bits per heavy atom. The molecule has 2 aromatic carbocycles. The van der Waals surface area contributed by atoms with Crippen molar-refractivity contribution < 1.29 is 43.3 Å². The number of likely N-dealkylation sites (tertiary alicyclic amines) is 1. The Morgan fingerprint density at radius 1 is 0.914 bits per heavy atom. The van der Waals surface area contributed by atoms with Crippen LogP contribution in [0.5, 0.6) is 0 Å². The number of nitrogens with one attached hydrogen (secondary N) is 6. The summed E-state index contributed by atoms with van der Waals surface area (Å²) in [5, 5.41) is 32.8. The summed E-state index contributed by atoms with van der Waals surface area (Å²) in [4.78, 5) is 86.4. The van der Waals surface area contributed by atoms with Crippen LogP contribution in [0, 0.1) is 12.3 Å². The maximum Gasteiger partial charge on any atom is 0.274 e. The van der Waals surface area contributed by atoms with Gasteiger partial charge in [0.15, 0.2) is 5.69 Å². The van der Waals surface area contributed by atoms with E-state index in [2.05, 4.69) is 42.0 Å². The molecule has 0 saturated carbocycles. The summed E-state index contributed by atoms with van der Waals surface area (Å²) in [5.74, 6) is -2.60. The number of aromatic nitrogens is 3. The SMILES string of the molecule is Cc1ncsc1-c1ccc(CNC(=O)[C@@H]2C[C@@H](O)CN2C(=O)[C@@H](NC(=O)CCOCCOCCC(=O)NCCn2cc(NC(=O)c3c(Cl)cccc3Cl)c(C(=O)NC3CCNCC3)n2)C(C)(C)C)cc1. The second-order valence-electron chi connectivity index (χ2n) is 18.2. The first-order chi connectivity index (χ1) is 33.5. The molecule has 2 aliphatic rings. The maximum absolute atomic E-state index is 14.0. The first-order valence-electron chi connectivity index (χ1n) is 23.3. The largest absolute Gasteiger partial charge is 0.391 e. The fraction of sp³-hybridized carbons (Fsp3) is 0.500. The van der Waals surface area contributed by atoms with Crippen molar-refractivity contribution in [1.82, 2.24) is 46.2 Å². The van der Waals surface area contributed by atoms with Gasteiger partial charge in [0.25, 0.3) is 11.8 Å². The molecule has 4 heterocycles. The number of aliphatic hydroxyl groups is 1. The predicted octanol–water partition coefficient (Wildman–Crippen LogP) is 4.09. The van der Waals surface area contributed by atoms with Crippen molar-refractivity contribution in [2.45, 2.75) is 97.1 Å². The summed E-state index contributed by atoms with van der Waals surface area (Å²) >= 11 is 14.1. The van der Waals surface area contributed by atoms with Gasteiger partial charge in [-0.2, -0.15) is 5.10 Å². The lowest BCUT2D eigenvalue weighted by Gasteiger charge is -2.35. The normalized spacial score (nSPS) is 16.6. The first-order valence-corrected chi connectivity index (χ1v) is 24.9. The van der Waals surface area contributed by atoms with Crippen molar-refractivity contribution in [3.05, 3.63) is 86.7 Å². The second kappa shape index (κ2) is 25.6. The zero-order valence-corrected chi connectivity index (χ0v) is 42.1. The Balaban J connectivity index is 0.880. The lowest BCUT2D eigenvalue weighted by molar-refractivity contribution is -0.144. The van der Waals surface area contributed by atoms with Crippen LogP contribution < -0.4 is 31.9 Å². The zero-order chi connectivity index (χ0) is 50.4. The average molecular weight is 1030 g/mol. The van der Waals surface area contributed by atoms with Crippen LogP contribution >= 0.6 is 34.5 Å². The Morgan fingerprint density at radius 2 is 1.59 bits per heavy atom. The first kappa shape index (κ1) is 53.9. The molecule has 2 aliphatic heterocycles. The van der Waals surface area contributed by atoms with Gasteiger partial charge in [-0.3, -0.25) is 33.4 Å². The van der Waals surface area contributed by atoms with Gasteiger partial charge in [0.2, 0.25) is 23.6 Å². The van der Waals surface area contributed by atoms with Gasteiger partial charge in [-0.05, 0) is 61.5 Å². The predicted molar refractivity (Wildman–Crippen MR) is 266 cm³/mol. The van der Waals surface area contributed by atoms with Gasteiger partial charge in [0, 0.05) is 51.1 Å². The smallest absolute Gasteiger partial charge is 0.274 e. The summed E-state index contributed by atoms with van der Waals surface area (Å²) in [5.41, 5.74) is 4.17. The Kier molecular flexibility index (Phi) is 19.7. The highest BCUT2D eigenvalue weighted by molar-refractivity contribution is 7.13. The monoisotopic (exact) mass is 1020 g/mol. The Hall–Kier alpha value is -5.48. The van der Waals surface area contributed by atoms with Crippen molar-refractivity contribution in [2.75, 3.05) is 57.9 Å². The van der Waals surface area contributed by atoms with Crippen molar-refractivity contribution in [3.8, 4) is 10.4 Å². The molecule has 0 bridgehead atoms. The van der Waals surface area contributed by atoms with E-state index in [9.17, 15) is 33.9 Å². The van der Waals surface area contributed by atoms with Crippen LogP contribution in [0.3, 0.4) is 0 Å². The quantitative estimate of drug-likeness (QED) is 0.0551. The summed E-state index contributed by atoms with van der Waals surface area (Å²) in [6, 6.07) is 10.6. The van der Waals surface area contributed by atoms with Crippen LogP contribution in [0.2, 0.25) is 10.0 Å². The van der Waals surface area contributed by atoms with Gasteiger partial charge < -0.3 is 51.4 Å². The number of aliphatic hydroxyl groups excluding tert-OH is 1. The molecular formula is C48H62Cl2N10O9S. The number of carbonyl (C=O) groups excluding carboxylic acids is 6. The van der Waals surface area contributed by atoms with Gasteiger partial charge in [-0.15, -0.1) is 11.3 Å². The van der Waals surface area contributed by atoms with Gasteiger partial charge in [-0.25, -0.2) is 4.98 Å². The molecular weight excluding hydrogens is 964 g/mol. The number of nitrogens with zero attached hydrogens (tertiary/aromatic N) is 4. The van der Waals surface area contributed by atoms with E-state index in [0.717, 1.165) is 47.6 Å². The number of piperidine rings is 1. The van der Waals surface area contributed by atoms with Crippen molar-refractivity contribution in [2.24, 2.45) is 5.41 Å². The van der Waals surface area contributed by atoms with Crippen molar-refractivity contribution in [1.29, 1.82) is 0 Å². The van der Waals surface area contributed by atoms with Gasteiger partial charge in [0.05, 0.1) is 76.5 Å². The third-order valence-corrected chi connectivity index (χ3v) is 13.4. The standard InChI is InChI=1S/C48H62Cl2N10O9S/c1-29-42(70-28-54-29)31-10-8-30(9-11-31)25-53-44(64)37-24-33(61)26-60(37)47(67)43(48(2,3)4)57-39(63)15-21-69-23-22-68-20-14-38(62)52-18-19-59-27-36(56-45(65)40-34(49)6-5-7-35(40)50)41(58-59)46(66)55-32-12-16-51-17-13-32/h5-11,27-28,32-33,37,43,51,61H,12-26H2,1-4H3,(H,52,62)(H,53,64)(H,55,66)(H,56,65)(H,57,63)/t33-,37+,43-/m1/s1. The lowest BCUT2D eigenvalue weighted by Crippen LogP contribution is -2.57. The third kappa shape index (κ3) is 15.3. The van der Waals surface area contributed by atoms with E-state index in [1.165, 1.54) is 27.9 Å². The number of anilines is 1. The van der Waals surface area contributed by atoms with Crippen LogP contribution in [0.25, 0.3) is 10.4 Å². The van der Waals surface area contributed by atoms with E-state index < -0.39 is 53.1 Å². The summed E-state index contributed by atoms with van der Waals surface area (Å²) in [6.45, 7) is 9.99. The molecule has 2 aromatic heterocycles. The van der Waals surface area contributed by atoms with E-state index in [1.54, 1.807) is 22.9 Å². The Bertz CT molecular complexity index is 2440. The maximum atomic E-state index is 14.0. The molecule has 0 spiro atoms. The number of rotatable bonds is 22. The van der Waals surface area contributed by atoms with Crippen LogP contribution in [0.15, 0.2) is 54.2 Å². The van der Waals surface area contributed by atoms with Gasteiger partial charge in [-0.1, -0.05) is 74.3 Å². The number of ether oxygens (including phenoxy) is 2. The number of hydrogen-bond acceptors (Lipinski definition) is 13. The minimum atomic E-state index is -0.976. The van der Waals surface area contributed by atoms with Crippen LogP contribution in [0.1, 0.15) is 85.0 Å². The number of hydrogen-bond donors (Lipinski definition) is 7. The number of benzene rings is 2. The average Bonchev–Trinajstić information content (AvgIpc) is 4.06. The molecule has 3 atom stereocenters. The third-order valence-electron chi connectivity index (χ3n) is 11.8. The van der Waals surface area contributed by atoms with E-state index in [0.29, 0.717) is 0 Å². The topological polar surface area (TPSA) is 247 Å². The molecule has 19 nitrogen and oxygen atoms in total. The molecule has 6 rings (SSSR count). The lowest BCUT2D eigenvalue weighted by atomic mass is 9.85. The molecule has 70 heavy (non-hydrogen) atoms. The van der Waals surface area contributed by atoms with Crippen molar-refractivity contribution in [3.63, 3.8) is 0 Å². The summed E-state index contributed by atoms with van der Waals surface area (Å²) in [6.07, 6.45) is 2.21. The van der Waals surface area contributed by atoms with Gasteiger partial charge >= 0.3 is 0 Å². The summed E-state index contributed by atoms with van der Waals surface area (Å²) < 4.78 is 12.6. The minimum Gasteiger partial charge on any atom is -0.391 e. The fourth-order valence-corrected chi connectivity index (χ4v) is 9.36. The molecule has 0 radical (unpaired) electrons. The number of amides is 6. The number of β-amino-alcohol motifs (C(OH)–C–C–N with tert-alkyl or cyclic N) is 1. The second-order valence-corrected chi connectivity index (χ2v) is 19.9. The molecule has 2 saturated heterocycles. The highest BCUT2D eigenvalue weighted by Crippen LogP contribution is 2.29. The van der Waals surface area contributed by atoms with Crippen LogP contribution in [-0.4, -0.2) is 137 Å². The van der Waals surface area contributed by atoms with Crippen molar-refractivity contribution >= 4 is 75.7 Å². The van der Waals surface area contributed by atoms with Gasteiger partial charge in [0.1, 0.15) is 12.1 Å². The molecule has 6 amide bonds. The molecule has 7 N–H and O–H groups in total. The molecule has 4 aromatic rings. The minimum absolute atomic E-state index is 0.00881. The molecule has 0 unspecified atom stereocenters. The molecule has 2 fully saturated rings. The number of aryl methyl sites for hydroxylation is 1. The fourth-order valence-electron chi connectivity index (χ4n) is 7.98. The number of carbonyl (C=O) groups is 6. The van der Waals surface area contributed by atoms with E-state index >= 15 is 0 Å². The van der Waals surface area contributed by atoms with E-state index in [4.69, 9.17) is 32.7 Å². The number of halogens is 2. The van der Waals surface area contributed by atoms with Crippen LogP contribution in [0.4, 0.5) is 5.69 Å². The molecule has 0 aliphatic carbocycles. The highest BCUT2D eigenvalue weighted by atomic mass is 35.5. The van der Waals surface area contributed by atoms with Crippen LogP contribution in [-0.2, 0) is 41.7 Å². The zero-order valence-electron chi connectivity index (χ0n) is 39.8. The van der Waals surface area contributed by atoms with E-state index in [-0.39, 0.29) is 111 Å².